The summed E-state index contributed by atoms with van der Waals surface area (Å²) in [6.07, 6.45) is 30.0. The first-order valence-electron chi connectivity index (χ1n) is 15.5. The molecule has 1 rings (SSSR count). The van der Waals surface area contributed by atoms with Crippen LogP contribution in [0, 0.1) is 0 Å². The molecule has 0 aromatic heterocycles. The summed E-state index contributed by atoms with van der Waals surface area (Å²) < 4.78 is 0. The summed E-state index contributed by atoms with van der Waals surface area (Å²) in [6, 6.07) is 10.5. The Hall–Kier alpha value is -1.13. The Morgan fingerprint density at radius 3 is 1.78 bits per heavy atom. The van der Waals surface area contributed by atoms with Crippen molar-refractivity contribution < 1.29 is 4.79 Å². The molecule has 0 saturated carbocycles. The Balaban J connectivity index is 0.0000130. The number of allylic oxidation sites excluding steroid dienone is 2. The molecule has 3 nitrogen and oxygen atoms in total. The molecule has 0 aliphatic rings. The van der Waals surface area contributed by atoms with Crippen molar-refractivity contribution in [2.24, 2.45) is 0 Å². The number of carbonyl (C=O) groups excluding carboxylic acids is 1. The number of carbonyl (C=O) groups is 1. The predicted octanol–water partition coefficient (Wildman–Crippen LogP) is 9.85. The van der Waals surface area contributed by atoms with Crippen LogP contribution in [-0.2, 0) is 11.2 Å². The molecular weight excluding hydrogens is 520 g/mol. The molecule has 0 radical (unpaired) electrons. The second-order valence-corrected chi connectivity index (χ2v) is 10.5. The molecule has 0 bridgehead atoms. The van der Waals surface area contributed by atoms with E-state index in [0.29, 0.717) is 6.42 Å². The van der Waals surface area contributed by atoms with E-state index in [1.54, 1.807) is 0 Å². The SMILES string of the molecule is Br.CCCCCCCC/C=C\CCCCCCCCCCCC(=O)NC(CC)NCCc1ccccc1. The Morgan fingerprint density at radius 2 is 1.24 bits per heavy atom. The van der Waals surface area contributed by atoms with Gasteiger partial charge in [-0.2, -0.15) is 0 Å². The number of hydrogen-bond acceptors (Lipinski definition) is 2. The third kappa shape index (κ3) is 23.7. The lowest BCUT2D eigenvalue weighted by atomic mass is 10.1. The van der Waals surface area contributed by atoms with E-state index in [2.05, 4.69) is 60.9 Å². The average Bonchev–Trinajstić information content (AvgIpc) is 2.90. The van der Waals surface area contributed by atoms with Gasteiger partial charge < -0.3 is 5.32 Å². The van der Waals surface area contributed by atoms with Gasteiger partial charge in [0.05, 0.1) is 6.17 Å². The Labute approximate surface area is 240 Å². The van der Waals surface area contributed by atoms with Crippen LogP contribution in [-0.4, -0.2) is 18.6 Å². The number of unbranched alkanes of at least 4 members (excludes halogenated alkanes) is 15. The molecule has 0 fully saturated rings. The van der Waals surface area contributed by atoms with Crippen LogP contribution >= 0.6 is 17.0 Å². The summed E-state index contributed by atoms with van der Waals surface area (Å²) in [5.74, 6) is 0.190. The van der Waals surface area contributed by atoms with Crippen molar-refractivity contribution >= 4 is 22.9 Å². The smallest absolute Gasteiger partial charge is 0.221 e. The lowest BCUT2D eigenvalue weighted by Crippen LogP contribution is -2.45. The van der Waals surface area contributed by atoms with Crippen molar-refractivity contribution in [2.45, 2.75) is 148 Å². The van der Waals surface area contributed by atoms with Gasteiger partial charge in [-0.25, -0.2) is 0 Å². The van der Waals surface area contributed by atoms with Crippen molar-refractivity contribution in [3.05, 3.63) is 48.0 Å². The maximum atomic E-state index is 12.3. The summed E-state index contributed by atoms with van der Waals surface area (Å²) in [6.45, 7) is 5.29. The van der Waals surface area contributed by atoms with E-state index in [1.807, 2.05) is 6.07 Å². The van der Waals surface area contributed by atoms with E-state index in [-0.39, 0.29) is 29.1 Å². The summed E-state index contributed by atoms with van der Waals surface area (Å²) in [5, 5.41) is 6.63. The van der Waals surface area contributed by atoms with E-state index in [4.69, 9.17) is 0 Å². The number of hydrogen-bond donors (Lipinski definition) is 2. The topological polar surface area (TPSA) is 41.1 Å². The third-order valence-corrected chi connectivity index (χ3v) is 7.06. The fourth-order valence-electron chi connectivity index (χ4n) is 4.66. The van der Waals surface area contributed by atoms with Gasteiger partial charge in [0.2, 0.25) is 5.91 Å². The molecule has 2 N–H and O–H groups in total. The minimum Gasteiger partial charge on any atom is -0.341 e. The van der Waals surface area contributed by atoms with Gasteiger partial charge in [0, 0.05) is 13.0 Å². The van der Waals surface area contributed by atoms with E-state index in [9.17, 15) is 4.79 Å². The molecule has 0 aliphatic carbocycles. The largest absolute Gasteiger partial charge is 0.341 e. The highest BCUT2D eigenvalue weighted by Crippen LogP contribution is 2.12. The average molecular weight is 580 g/mol. The highest BCUT2D eigenvalue weighted by Gasteiger charge is 2.09. The molecule has 0 spiro atoms. The predicted molar refractivity (Wildman–Crippen MR) is 169 cm³/mol. The normalized spacial score (nSPS) is 11.9. The van der Waals surface area contributed by atoms with Crippen molar-refractivity contribution in [1.29, 1.82) is 0 Å². The second-order valence-electron chi connectivity index (χ2n) is 10.5. The molecule has 0 saturated heterocycles. The van der Waals surface area contributed by atoms with Gasteiger partial charge in [0.15, 0.2) is 0 Å². The van der Waals surface area contributed by atoms with Crippen LogP contribution in [0.15, 0.2) is 42.5 Å². The van der Waals surface area contributed by atoms with Crippen molar-refractivity contribution in [2.75, 3.05) is 6.54 Å². The zero-order chi connectivity index (χ0) is 25.9. The zero-order valence-corrected chi connectivity index (χ0v) is 26.0. The quantitative estimate of drug-likeness (QED) is 0.0688. The molecule has 4 heteroatoms. The first-order chi connectivity index (χ1) is 17.8. The number of benzene rings is 1. The molecule has 1 amide bonds. The molecule has 37 heavy (non-hydrogen) atoms. The number of halogens is 1. The molecule has 214 valence electrons. The molecule has 0 heterocycles. The van der Waals surface area contributed by atoms with Crippen LogP contribution in [0.5, 0.6) is 0 Å². The standard InChI is InChI=1S/C33H58N2O.BrH/c1-3-5-6-7-8-9-10-11-12-13-14-15-16-17-18-19-20-21-25-28-33(36)35-32(4-2)34-30-29-31-26-23-22-24-27-31;/h11-12,22-24,26-27,32,34H,3-10,13-21,25,28-30H2,1-2H3,(H,35,36);1H/b12-11-;. The minimum absolute atomic E-state index is 0. The number of rotatable bonds is 25. The van der Waals surface area contributed by atoms with Gasteiger partial charge >= 0.3 is 0 Å². The minimum atomic E-state index is 0. The van der Waals surface area contributed by atoms with Crippen LogP contribution < -0.4 is 10.6 Å². The van der Waals surface area contributed by atoms with E-state index >= 15 is 0 Å². The van der Waals surface area contributed by atoms with Gasteiger partial charge in [0.1, 0.15) is 0 Å². The molecular formula is C33H59BrN2O. The third-order valence-electron chi connectivity index (χ3n) is 7.06. The first kappa shape index (κ1) is 35.9. The van der Waals surface area contributed by atoms with Gasteiger partial charge in [0.25, 0.3) is 0 Å². The summed E-state index contributed by atoms with van der Waals surface area (Å²) in [7, 11) is 0. The maximum Gasteiger partial charge on any atom is 0.221 e. The zero-order valence-electron chi connectivity index (χ0n) is 24.3. The van der Waals surface area contributed by atoms with Gasteiger partial charge in [-0.05, 0) is 50.5 Å². The fraction of sp³-hybridized carbons (Fsp3) is 0.727. The molecule has 1 aromatic rings. The molecule has 1 aromatic carbocycles. The summed E-state index contributed by atoms with van der Waals surface area (Å²) in [4.78, 5) is 12.3. The van der Waals surface area contributed by atoms with Gasteiger partial charge in [-0.1, -0.05) is 133 Å². The van der Waals surface area contributed by atoms with Crippen LogP contribution in [0.1, 0.15) is 141 Å². The van der Waals surface area contributed by atoms with E-state index < -0.39 is 0 Å². The van der Waals surface area contributed by atoms with Crippen LogP contribution in [0.2, 0.25) is 0 Å². The molecule has 0 aliphatic heterocycles. The second kappa shape index (κ2) is 27.9. The van der Waals surface area contributed by atoms with Crippen LogP contribution in [0.3, 0.4) is 0 Å². The fourth-order valence-corrected chi connectivity index (χ4v) is 4.66. The van der Waals surface area contributed by atoms with Crippen molar-refractivity contribution in [1.82, 2.24) is 10.6 Å². The highest BCUT2D eigenvalue weighted by atomic mass is 79.9. The lowest BCUT2D eigenvalue weighted by molar-refractivity contribution is -0.122. The lowest BCUT2D eigenvalue weighted by Gasteiger charge is -2.18. The number of nitrogens with one attached hydrogen (secondary N) is 2. The maximum absolute atomic E-state index is 12.3. The van der Waals surface area contributed by atoms with Gasteiger partial charge in [-0.3, -0.25) is 10.1 Å². The monoisotopic (exact) mass is 578 g/mol. The van der Waals surface area contributed by atoms with Crippen LogP contribution in [0.4, 0.5) is 0 Å². The summed E-state index contributed by atoms with van der Waals surface area (Å²) >= 11 is 0. The van der Waals surface area contributed by atoms with Crippen LogP contribution in [0.25, 0.3) is 0 Å². The van der Waals surface area contributed by atoms with Crippen molar-refractivity contribution in [3.63, 3.8) is 0 Å². The molecule has 1 unspecified atom stereocenters. The first-order valence-corrected chi connectivity index (χ1v) is 15.5. The molecule has 1 atom stereocenters. The summed E-state index contributed by atoms with van der Waals surface area (Å²) in [5.41, 5.74) is 1.33. The van der Waals surface area contributed by atoms with E-state index in [0.717, 1.165) is 25.8 Å². The van der Waals surface area contributed by atoms with Gasteiger partial charge in [-0.15, -0.1) is 17.0 Å². The number of amides is 1. The highest BCUT2D eigenvalue weighted by molar-refractivity contribution is 8.93. The Kier molecular flexibility index (Phi) is 27.0. The Bertz CT molecular complexity index is 634. The van der Waals surface area contributed by atoms with E-state index in [1.165, 1.54) is 108 Å². The Morgan fingerprint density at radius 1 is 0.730 bits per heavy atom. The van der Waals surface area contributed by atoms with Crippen molar-refractivity contribution in [3.8, 4) is 0 Å².